The number of rotatable bonds is 10. The van der Waals surface area contributed by atoms with Crippen molar-refractivity contribution in [1.29, 1.82) is 0 Å². The van der Waals surface area contributed by atoms with E-state index in [2.05, 4.69) is 16.0 Å². The van der Waals surface area contributed by atoms with Gasteiger partial charge in [0.25, 0.3) is 0 Å². The van der Waals surface area contributed by atoms with Gasteiger partial charge in [-0.1, -0.05) is 27.7 Å². The fourth-order valence-corrected chi connectivity index (χ4v) is 1.80. The number of amides is 1. The zero-order chi connectivity index (χ0) is 15.6. The van der Waals surface area contributed by atoms with Crippen LogP contribution in [0.4, 0.5) is 0 Å². The Kier molecular flexibility index (Phi) is 9.37. The second-order valence-electron chi connectivity index (χ2n) is 5.82. The first kappa shape index (κ1) is 19.0. The number of carbonyl (C=O) groups excluding carboxylic acids is 2. The Morgan fingerprint density at radius 3 is 2.30 bits per heavy atom. The Bertz CT molecular complexity index is 300. The van der Waals surface area contributed by atoms with Crippen LogP contribution in [0.5, 0.6) is 0 Å². The first-order valence-electron chi connectivity index (χ1n) is 7.28. The maximum Gasteiger partial charge on any atom is 0.222 e. The number of hydrogen-bond donors (Lipinski definition) is 4. The molecule has 1 atom stereocenters. The lowest BCUT2D eigenvalue weighted by Gasteiger charge is -2.24. The predicted molar refractivity (Wildman–Crippen MR) is 81.5 cm³/mol. The molecule has 0 aliphatic carbocycles. The third-order valence-electron chi connectivity index (χ3n) is 2.84. The number of ketones is 1. The second kappa shape index (κ2) is 9.85. The lowest BCUT2D eigenvalue weighted by Crippen LogP contribution is -2.46. The molecule has 118 valence electrons. The van der Waals surface area contributed by atoms with Crippen molar-refractivity contribution >= 4 is 11.7 Å². The summed E-state index contributed by atoms with van der Waals surface area (Å²) in [5.41, 5.74) is 4.90. The van der Waals surface area contributed by atoms with Crippen molar-refractivity contribution in [2.45, 2.75) is 40.2 Å². The highest BCUT2D eigenvalue weighted by molar-refractivity contribution is 5.92. The van der Waals surface area contributed by atoms with E-state index in [9.17, 15) is 9.59 Å². The Morgan fingerprint density at radius 2 is 1.80 bits per heavy atom. The van der Waals surface area contributed by atoms with Crippen molar-refractivity contribution in [3.8, 4) is 0 Å². The van der Waals surface area contributed by atoms with Crippen LogP contribution >= 0.6 is 0 Å². The average Bonchev–Trinajstić information content (AvgIpc) is 2.36. The molecule has 1 unspecified atom stereocenters. The van der Waals surface area contributed by atoms with Crippen molar-refractivity contribution in [3.63, 3.8) is 0 Å². The molecule has 0 heterocycles. The van der Waals surface area contributed by atoms with Crippen molar-refractivity contribution < 1.29 is 9.59 Å². The zero-order valence-electron chi connectivity index (χ0n) is 13.2. The maximum absolute atomic E-state index is 12.2. The fourth-order valence-electron chi connectivity index (χ4n) is 1.80. The molecular formula is C14H30N4O2. The summed E-state index contributed by atoms with van der Waals surface area (Å²) >= 11 is 0. The van der Waals surface area contributed by atoms with E-state index in [4.69, 9.17) is 5.73 Å². The van der Waals surface area contributed by atoms with E-state index in [1.54, 1.807) is 0 Å². The van der Waals surface area contributed by atoms with Gasteiger partial charge in [-0.2, -0.15) is 0 Å². The van der Waals surface area contributed by atoms with Crippen molar-refractivity contribution in [2.75, 3.05) is 32.7 Å². The van der Waals surface area contributed by atoms with E-state index < -0.39 is 11.5 Å². The summed E-state index contributed by atoms with van der Waals surface area (Å²) in [5, 5.41) is 8.98. The van der Waals surface area contributed by atoms with Crippen LogP contribution in [0.2, 0.25) is 0 Å². The first-order chi connectivity index (χ1) is 9.32. The molecule has 1 amide bonds. The lowest BCUT2D eigenvalue weighted by molar-refractivity contribution is -0.132. The topological polar surface area (TPSA) is 96.2 Å². The molecule has 0 aliphatic heterocycles. The summed E-state index contributed by atoms with van der Waals surface area (Å²) in [5.74, 6) is -0.0427. The summed E-state index contributed by atoms with van der Waals surface area (Å²) in [6, 6.07) is -0.419. The highest BCUT2D eigenvalue weighted by Gasteiger charge is 2.30. The minimum Gasteiger partial charge on any atom is -0.355 e. The average molecular weight is 286 g/mol. The number of nitrogens with one attached hydrogen (secondary N) is 3. The standard InChI is InChI=1S/C14H30N4O2/c1-5-17-11(13(20)14(2,3)4)10-12(19)18-9-8-16-7-6-15/h11,16-17H,5-10,15H2,1-4H3,(H,18,19). The van der Waals surface area contributed by atoms with Gasteiger partial charge in [-0.15, -0.1) is 0 Å². The zero-order valence-corrected chi connectivity index (χ0v) is 13.2. The summed E-state index contributed by atoms with van der Waals surface area (Å²) in [7, 11) is 0. The smallest absolute Gasteiger partial charge is 0.222 e. The highest BCUT2D eigenvalue weighted by Crippen LogP contribution is 2.18. The van der Waals surface area contributed by atoms with E-state index in [-0.39, 0.29) is 18.1 Å². The van der Waals surface area contributed by atoms with Crippen LogP contribution in [0.3, 0.4) is 0 Å². The molecule has 0 fully saturated rings. The van der Waals surface area contributed by atoms with Crippen LogP contribution in [0.1, 0.15) is 34.1 Å². The first-order valence-corrected chi connectivity index (χ1v) is 7.28. The second-order valence-corrected chi connectivity index (χ2v) is 5.82. The Morgan fingerprint density at radius 1 is 1.15 bits per heavy atom. The van der Waals surface area contributed by atoms with Gasteiger partial charge in [0.05, 0.1) is 6.04 Å². The van der Waals surface area contributed by atoms with Gasteiger partial charge in [-0.3, -0.25) is 9.59 Å². The summed E-state index contributed by atoms with van der Waals surface area (Å²) in [6.45, 7) is 10.7. The van der Waals surface area contributed by atoms with Gasteiger partial charge in [0.15, 0.2) is 5.78 Å². The van der Waals surface area contributed by atoms with Crippen LogP contribution in [0.15, 0.2) is 0 Å². The highest BCUT2D eigenvalue weighted by atomic mass is 16.2. The SMILES string of the molecule is CCNC(CC(=O)NCCNCCN)C(=O)C(C)(C)C. The molecule has 0 spiro atoms. The Hall–Kier alpha value is -0.980. The van der Waals surface area contributed by atoms with Crippen molar-refractivity contribution in [3.05, 3.63) is 0 Å². The van der Waals surface area contributed by atoms with Crippen LogP contribution in [0.25, 0.3) is 0 Å². The van der Waals surface area contributed by atoms with Crippen LogP contribution in [-0.2, 0) is 9.59 Å². The van der Waals surface area contributed by atoms with Gasteiger partial charge in [0, 0.05) is 38.0 Å². The van der Waals surface area contributed by atoms with Crippen LogP contribution < -0.4 is 21.7 Å². The van der Waals surface area contributed by atoms with Crippen LogP contribution in [0, 0.1) is 5.41 Å². The van der Waals surface area contributed by atoms with E-state index in [0.29, 0.717) is 26.2 Å². The van der Waals surface area contributed by atoms with E-state index >= 15 is 0 Å². The Labute approximate surface area is 122 Å². The molecular weight excluding hydrogens is 256 g/mol. The minimum absolute atomic E-state index is 0.0655. The molecule has 0 bridgehead atoms. The molecule has 6 nitrogen and oxygen atoms in total. The van der Waals surface area contributed by atoms with Crippen molar-refractivity contribution in [1.82, 2.24) is 16.0 Å². The van der Waals surface area contributed by atoms with Crippen molar-refractivity contribution in [2.24, 2.45) is 11.1 Å². The minimum atomic E-state index is -0.449. The number of nitrogens with two attached hydrogens (primary N) is 1. The molecule has 5 N–H and O–H groups in total. The molecule has 6 heteroatoms. The van der Waals surface area contributed by atoms with Gasteiger partial charge in [0.1, 0.15) is 0 Å². The molecule has 0 aromatic heterocycles. The normalized spacial score (nSPS) is 13.1. The summed E-state index contributed by atoms with van der Waals surface area (Å²) < 4.78 is 0. The van der Waals surface area contributed by atoms with E-state index in [1.165, 1.54) is 0 Å². The molecule has 0 saturated heterocycles. The van der Waals surface area contributed by atoms with Crippen LogP contribution in [-0.4, -0.2) is 50.5 Å². The van der Waals surface area contributed by atoms with Gasteiger partial charge in [-0.05, 0) is 6.54 Å². The predicted octanol–water partition coefficient (Wildman–Crippen LogP) is -0.366. The molecule has 0 rings (SSSR count). The lowest BCUT2D eigenvalue weighted by atomic mass is 9.85. The molecule has 0 radical (unpaired) electrons. The molecule has 0 aromatic carbocycles. The van der Waals surface area contributed by atoms with E-state index in [0.717, 1.165) is 6.54 Å². The molecule has 0 aliphatic rings. The third kappa shape index (κ3) is 8.24. The monoisotopic (exact) mass is 286 g/mol. The largest absolute Gasteiger partial charge is 0.355 e. The number of Topliss-reactive ketones (excluding diaryl/α,β-unsaturated/α-hetero) is 1. The number of likely N-dealkylation sites (N-methyl/N-ethyl adjacent to an activating group) is 1. The summed E-state index contributed by atoms with van der Waals surface area (Å²) in [4.78, 5) is 24.1. The number of carbonyl (C=O) groups is 2. The molecule has 20 heavy (non-hydrogen) atoms. The molecule has 0 aromatic rings. The van der Waals surface area contributed by atoms with Gasteiger partial charge < -0.3 is 21.7 Å². The molecule has 0 saturated carbocycles. The third-order valence-corrected chi connectivity index (χ3v) is 2.84. The fraction of sp³-hybridized carbons (Fsp3) is 0.857. The van der Waals surface area contributed by atoms with Gasteiger partial charge >= 0.3 is 0 Å². The quantitative estimate of drug-likeness (QED) is 0.411. The van der Waals surface area contributed by atoms with E-state index in [1.807, 2.05) is 27.7 Å². The van der Waals surface area contributed by atoms with Gasteiger partial charge in [0.2, 0.25) is 5.91 Å². The Balaban J connectivity index is 4.18. The summed E-state index contributed by atoms with van der Waals surface area (Å²) in [6.07, 6.45) is 0.181. The number of hydrogen-bond acceptors (Lipinski definition) is 5. The maximum atomic E-state index is 12.2. The van der Waals surface area contributed by atoms with Gasteiger partial charge in [-0.25, -0.2) is 0 Å².